The Balaban J connectivity index is 1.29. The van der Waals surface area contributed by atoms with Crippen molar-refractivity contribution in [1.82, 2.24) is 0 Å². The Morgan fingerprint density at radius 1 is 1.00 bits per heavy atom. The van der Waals surface area contributed by atoms with E-state index in [1.54, 1.807) is 5.57 Å². The highest BCUT2D eigenvalue weighted by molar-refractivity contribution is 9.09. The summed E-state index contributed by atoms with van der Waals surface area (Å²) in [5.41, 5.74) is 2.96. The molecule has 37 heavy (non-hydrogen) atoms. The lowest BCUT2D eigenvalue weighted by atomic mass is 9.47. The van der Waals surface area contributed by atoms with E-state index in [-0.39, 0.29) is 17.5 Å². The normalized spacial score (nSPS) is 39.8. The van der Waals surface area contributed by atoms with Gasteiger partial charge in [-0.15, -0.1) is 0 Å². The number of esters is 1. The van der Waals surface area contributed by atoms with Crippen LogP contribution in [0.25, 0.3) is 0 Å². The zero-order valence-corrected chi connectivity index (χ0v) is 25.4. The predicted octanol–water partition coefficient (Wildman–Crippen LogP) is 9.63. The van der Waals surface area contributed by atoms with Gasteiger partial charge in [0, 0.05) is 11.2 Å². The second kappa shape index (κ2) is 10.8. The molecular formula is C34H49BrO2. The quantitative estimate of drug-likeness (QED) is 0.186. The summed E-state index contributed by atoms with van der Waals surface area (Å²) in [4.78, 5) is 13.2. The Kier molecular flexibility index (Phi) is 8.03. The summed E-state index contributed by atoms with van der Waals surface area (Å²) in [7, 11) is 0. The Labute approximate surface area is 234 Å². The lowest BCUT2D eigenvalue weighted by Crippen LogP contribution is -2.54. The van der Waals surface area contributed by atoms with Crippen LogP contribution < -0.4 is 0 Å². The number of hydrogen-bond donors (Lipinski definition) is 0. The van der Waals surface area contributed by atoms with Gasteiger partial charge in [0.05, 0.1) is 5.56 Å². The number of rotatable bonds is 7. The highest BCUT2D eigenvalue weighted by Gasteiger charge is 2.61. The van der Waals surface area contributed by atoms with Crippen LogP contribution in [-0.2, 0) is 4.74 Å². The molecule has 0 saturated heterocycles. The maximum atomic E-state index is 12.7. The molecule has 0 radical (unpaired) electrons. The lowest BCUT2D eigenvalue weighted by Gasteiger charge is -2.59. The van der Waals surface area contributed by atoms with Crippen LogP contribution in [0, 0.1) is 46.3 Å². The van der Waals surface area contributed by atoms with Gasteiger partial charge >= 0.3 is 5.97 Å². The highest BCUT2D eigenvalue weighted by atomic mass is 79.9. The summed E-state index contributed by atoms with van der Waals surface area (Å²) < 4.78 is 6.02. The molecule has 0 bridgehead atoms. The topological polar surface area (TPSA) is 26.3 Å². The molecule has 0 unspecified atom stereocenters. The fourth-order valence-corrected chi connectivity index (χ4v) is 10.5. The Bertz CT molecular complexity index is 985. The van der Waals surface area contributed by atoms with E-state index in [1.165, 1.54) is 44.9 Å². The van der Waals surface area contributed by atoms with E-state index < -0.39 is 0 Å². The first-order valence-electron chi connectivity index (χ1n) is 15.2. The van der Waals surface area contributed by atoms with E-state index in [4.69, 9.17) is 4.74 Å². The van der Waals surface area contributed by atoms with E-state index >= 15 is 0 Å². The van der Waals surface area contributed by atoms with Gasteiger partial charge in [0.2, 0.25) is 0 Å². The fourth-order valence-electron chi connectivity index (χ4n) is 9.49. The number of halogens is 1. The van der Waals surface area contributed by atoms with Crippen LogP contribution in [0.3, 0.4) is 0 Å². The van der Waals surface area contributed by atoms with E-state index in [1.807, 2.05) is 30.3 Å². The second-order valence-electron chi connectivity index (χ2n) is 14.0. The molecule has 204 valence electrons. The summed E-state index contributed by atoms with van der Waals surface area (Å²) >= 11 is 4.22. The number of alkyl halides is 1. The van der Waals surface area contributed by atoms with Gasteiger partial charge in [-0.3, -0.25) is 0 Å². The first-order valence-corrected chi connectivity index (χ1v) is 16.2. The van der Waals surface area contributed by atoms with E-state index in [2.05, 4.69) is 56.6 Å². The monoisotopic (exact) mass is 568 g/mol. The zero-order chi connectivity index (χ0) is 26.4. The molecule has 3 heteroatoms. The third-order valence-electron chi connectivity index (χ3n) is 11.5. The van der Waals surface area contributed by atoms with Gasteiger partial charge in [0.25, 0.3) is 0 Å². The van der Waals surface area contributed by atoms with Gasteiger partial charge in [0.15, 0.2) is 0 Å². The molecule has 0 heterocycles. The van der Waals surface area contributed by atoms with Crippen molar-refractivity contribution < 1.29 is 9.53 Å². The van der Waals surface area contributed by atoms with Crippen molar-refractivity contribution in [3.8, 4) is 0 Å². The molecular weight excluding hydrogens is 520 g/mol. The van der Waals surface area contributed by atoms with Crippen molar-refractivity contribution in [3.63, 3.8) is 0 Å². The van der Waals surface area contributed by atoms with E-state index in [0.717, 1.165) is 54.8 Å². The van der Waals surface area contributed by atoms with Gasteiger partial charge in [-0.25, -0.2) is 4.79 Å². The second-order valence-corrected chi connectivity index (χ2v) is 15.1. The largest absolute Gasteiger partial charge is 0.458 e. The van der Waals surface area contributed by atoms with Gasteiger partial charge in [-0.05, 0) is 97.0 Å². The minimum Gasteiger partial charge on any atom is -0.458 e. The number of hydrogen-bond acceptors (Lipinski definition) is 2. The molecule has 9 atom stereocenters. The van der Waals surface area contributed by atoms with Crippen LogP contribution in [0.2, 0.25) is 0 Å². The first-order chi connectivity index (χ1) is 17.6. The maximum Gasteiger partial charge on any atom is 0.338 e. The summed E-state index contributed by atoms with van der Waals surface area (Å²) in [5, 5.41) is 0. The number of ether oxygens (including phenoxy) is 1. The minimum atomic E-state index is -0.174. The third-order valence-corrected chi connectivity index (χ3v) is 12.4. The SMILES string of the molecule is CC(C)CCC[C@@H](C)[C@H]1CC[C@H]2[C@@H]3[C@@H](Br)C=C4C[C@@H](OC(=O)c5ccccc5)CC[C@]4(C)[C@H]3CC[C@]12C. The lowest BCUT2D eigenvalue weighted by molar-refractivity contribution is -0.0567. The number of benzene rings is 1. The smallest absolute Gasteiger partial charge is 0.338 e. The molecule has 0 amide bonds. The number of allylic oxidation sites excluding steroid dienone is 1. The van der Waals surface area contributed by atoms with Crippen LogP contribution in [0.4, 0.5) is 0 Å². The van der Waals surface area contributed by atoms with Crippen molar-refractivity contribution in [2.75, 3.05) is 0 Å². The average Bonchev–Trinajstić information content (AvgIpc) is 3.22. The van der Waals surface area contributed by atoms with Crippen LogP contribution in [-0.4, -0.2) is 16.9 Å². The minimum absolute atomic E-state index is 0.000290. The molecule has 3 saturated carbocycles. The molecule has 0 aromatic heterocycles. The van der Waals surface area contributed by atoms with Gasteiger partial charge in [0.1, 0.15) is 6.10 Å². The number of carbonyl (C=O) groups excluding carboxylic acids is 1. The van der Waals surface area contributed by atoms with Gasteiger partial charge in [-0.2, -0.15) is 0 Å². The molecule has 3 fully saturated rings. The standard InChI is InChI=1S/C34H49BrO2/c1-22(2)10-9-11-23(3)27-14-15-28-31-29(17-19-34(27,28)5)33(4)18-16-26(20-25(33)21-30(31)35)37-32(36)24-12-7-6-8-13-24/h6-8,12-13,21-23,26-31H,9-11,14-20H2,1-5H3/t23-,26+,27-,28+,29+,30+,31+,33+,34-/m1/s1. The average molecular weight is 570 g/mol. The number of fused-ring (bicyclic) bond motifs is 5. The van der Waals surface area contributed by atoms with Crippen molar-refractivity contribution in [3.05, 3.63) is 47.5 Å². The summed E-state index contributed by atoms with van der Waals surface area (Å²) in [6.45, 7) is 12.5. The van der Waals surface area contributed by atoms with E-state index in [9.17, 15) is 4.79 Å². The van der Waals surface area contributed by atoms with Crippen molar-refractivity contribution in [1.29, 1.82) is 0 Å². The Morgan fingerprint density at radius 2 is 1.76 bits per heavy atom. The first kappa shape index (κ1) is 27.5. The molecule has 1 aromatic carbocycles. The predicted molar refractivity (Wildman–Crippen MR) is 157 cm³/mol. The van der Waals surface area contributed by atoms with Crippen molar-refractivity contribution >= 4 is 21.9 Å². The molecule has 2 nitrogen and oxygen atoms in total. The molecule has 0 aliphatic heterocycles. The van der Waals surface area contributed by atoms with Crippen LogP contribution in [0.1, 0.15) is 109 Å². The molecule has 0 N–H and O–H groups in total. The van der Waals surface area contributed by atoms with Crippen LogP contribution >= 0.6 is 15.9 Å². The maximum absolute atomic E-state index is 12.7. The molecule has 0 spiro atoms. The Morgan fingerprint density at radius 3 is 2.49 bits per heavy atom. The Hall–Kier alpha value is -1.09. The molecule has 5 rings (SSSR count). The van der Waals surface area contributed by atoms with Crippen LogP contribution in [0.5, 0.6) is 0 Å². The number of carbonyl (C=O) groups is 1. The summed E-state index contributed by atoms with van der Waals surface area (Å²) in [6, 6.07) is 9.47. The van der Waals surface area contributed by atoms with Crippen molar-refractivity contribution in [2.45, 2.75) is 110 Å². The summed E-state index contributed by atoms with van der Waals surface area (Å²) in [5.74, 6) is 4.70. The van der Waals surface area contributed by atoms with Crippen molar-refractivity contribution in [2.24, 2.45) is 46.3 Å². The van der Waals surface area contributed by atoms with Crippen LogP contribution in [0.15, 0.2) is 42.0 Å². The molecule has 4 aliphatic carbocycles. The van der Waals surface area contributed by atoms with Gasteiger partial charge < -0.3 is 4.74 Å². The summed E-state index contributed by atoms with van der Waals surface area (Å²) in [6.07, 6.45) is 15.4. The fraction of sp³-hybridized carbons (Fsp3) is 0.735. The van der Waals surface area contributed by atoms with Gasteiger partial charge in [-0.1, -0.05) is 99.7 Å². The van der Waals surface area contributed by atoms with E-state index in [0.29, 0.717) is 15.8 Å². The molecule has 1 aromatic rings. The molecule has 4 aliphatic rings. The highest BCUT2D eigenvalue weighted by Crippen LogP contribution is 2.68. The third kappa shape index (κ3) is 5.12. The zero-order valence-electron chi connectivity index (χ0n) is 23.8.